The van der Waals surface area contributed by atoms with Crippen molar-refractivity contribution in [3.05, 3.63) is 63.4 Å². The Balaban J connectivity index is 2.23. The summed E-state index contributed by atoms with van der Waals surface area (Å²) >= 11 is 6.21. The van der Waals surface area contributed by atoms with Crippen molar-refractivity contribution in [1.82, 2.24) is 5.32 Å². The van der Waals surface area contributed by atoms with E-state index in [-0.39, 0.29) is 24.7 Å². The molecule has 0 spiro atoms. The summed E-state index contributed by atoms with van der Waals surface area (Å²) in [4.78, 5) is 11.6. The number of nitrogens with one attached hydrogen (secondary N) is 1. The molecule has 0 unspecified atom stereocenters. The minimum atomic E-state index is -0.409. The van der Waals surface area contributed by atoms with E-state index in [2.05, 4.69) is 5.32 Å². The molecule has 0 saturated carbocycles. The number of hydrogen-bond donors (Lipinski definition) is 1. The third kappa shape index (κ3) is 4.23. The van der Waals surface area contributed by atoms with Crippen molar-refractivity contribution in [3.8, 4) is 5.75 Å². The van der Waals surface area contributed by atoms with E-state index in [4.69, 9.17) is 16.3 Å². The highest BCUT2D eigenvalue weighted by Crippen LogP contribution is 2.26. The minimum Gasteiger partial charge on any atom is -0.486 e. The molecule has 0 radical (unpaired) electrons. The van der Waals surface area contributed by atoms with E-state index in [1.165, 1.54) is 6.07 Å². The Labute approximate surface area is 140 Å². The molecular weight excluding hydrogens is 317 g/mol. The topological polar surface area (TPSA) is 38.3 Å². The van der Waals surface area contributed by atoms with Gasteiger partial charge in [0.1, 0.15) is 6.61 Å². The minimum absolute atomic E-state index is 0.103. The van der Waals surface area contributed by atoms with Gasteiger partial charge in [-0.15, -0.1) is 0 Å². The molecule has 2 aromatic carbocycles. The lowest BCUT2D eigenvalue weighted by molar-refractivity contribution is -0.119. The second-order valence-corrected chi connectivity index (χ2v) is 5.79. The van der Waals surface area contributed by atoms with Gasteiger partial charge in [0.15, 0.2) is 11.6 Å². The molecule has 5 heteroatoms. The molecule has 23 heavy (non-hydrogen) atoms. The predicted molar refractivity (Wildman–Crippen MR) is 89.4 cm³/mol. The molecule has 3 nitrogen and oxygen atoms in total. The van der Waals surface area contributed by atoms with Crippen molar-refractivity contribution in [2.45, 2.75) is 26.9 Å². The maximum absolute atomic E-state index is 14.0. The van der Waals surface area contributed by atoms with Crippen molar-refractivity contribution in [1.29, 1.82) is 0 Å². The molecule has 122 valence electrons. The average molecular weight is 336 g/mol. The lowest BCUT2D eigenvalue weighted by Crippen LogP contribution is -2.21. The van der Waals surface area contributed by atoms with Gasteiger partial charge >= 0.3 is 0 Å². The predicted octanol–water partition coefficient (Wildman–Crippen LogP) is 3.96. The molecule has 0 aromatic heterocycles. The number of likely N-dealkylation sites (N-methyl/N-ethyl adjacent to an activating group) is 1. The molecule has 0 aliphatic heterocycles. The number of carbonyl (C=O) groups excluding carboxylic acids is 1. The first kappa shape index (κ1) is 17.3. The normalized spacial score (nSPS) is 10.5. The van der Waals surface area contributed by atoms with Gasteiger partial charge in [-0.2, -0.15) is 0 Å². The molecule has 0 saturated heterocycles. The number of amides is 1. The summed E-state index contributed by atoms with van der Waals surface area (Å²) in [6.07, 6.45) is 0.200. The Hall–Kier alpha value is -2.07. The maximum Gasteiger partial charge on any atom is 0.224 e. The number of benzene rings is 2. The van der Waals surface area contributed by atoms with Crippen LogP contribution in [0.1, 0.15) is 22.3 Å². The fourth-order valence-corrected chi connectivity index (χ4v) is 2.46. The van der Waals surface area contributed by atoms with Crippen LogP contribution in [0, 0.1) is 19.7 Å². The molecule has 2 aromatic rings. The van der Waals surface area contributed by atoms with E-state index < -0.39 is 5.82 Å². The lowest BCUT2D eigenvalue weighted by atomic mass is 10.0. The van der Waals surface area contributed by atoms with Gasteiger partial charge < -0.3 is 10.1 Å². The van der Waals surface area contributed by atoms with E-state index in [1.54, 1.807) is 25.2 Å². The molecular formula is C18H19ClFNO2. The number of hydrogen-bond acceptors (Lipinski definition) is 2. The molecule has 0 aliphatic rings. The zero-order valence-electron chi connectivity index (χ0n) is 13.4. The SMILES string of the molecule is CNC(=O)Cc1cccc(Cl)c1COc1cc(C)c(C)cc1F. The Kier molecular flexibility index (Phi) is 5.61. The van der Waals surface area contributed by atoms with Crippen LogP contribution in [-0.2, 0) is 17.8 Å². The van der Waals surface area contributed by atoms with Gasteiger partial charge in [-0.3, -0.25) is 4.79 Å². The third-order valence-electron chi connectivity index (χ3n) is 3.77. The number of ether oxygens (including phenoxy) is 1. The molecule has 2 rings (SSSR count). The van der Waals surface area contributed by atoms with Crippen LogP contribution in [0.15, 0.2) is 30.3 Å². The zero-order valence-corrected chi connectivity index (χ0v) is 14.1. The van der Waals surface area contributed by atoms with Crippen LogP contribution >= 0.6 is 11.6 Å². The molecule has 0 atom stereocenters. The van der Waals surface area contributed by atoms with Crippen LogP contribution in [0.3, 0.4) is 0 Å². The van der Waals surface area contributed by atoms with Crippen molar-refractivity contribution in [2.24, 2.45) is 0 Å². The average Bonchev–Trinajstić information content (AvgIpc) is 2.51. The van der Waals surface area contributed by atoms with Gasteiger partial charge in [0.05, 0.1) is 6.42 Å². The van der Waals surface area contributed by atoms with Crippen molar-refractivity contribution in [2.75, 3.05) is 7.05 Å². The summed E-state index contributed by atoms with van der Waals surface area (Å²) in [6.45, 7) is 3.84. The van der Waals surface area contributed by atoms with Crippen LogP contribution in [0.4, 0.5) is 4.39 Å². The van der Waals surface area contributed by atoms with Gasteiger partial charge in [-0.1, -0.05) is 23.7 Å². The van der Waals surface area contributed by atoms with Gasteiger partial charge in [0.25, 0.3) is 0 Å². The fourth-order valence-electron chi connectivity index (χ4n) is 2.21. The van der Waals surface area contributed by atoms with E-state index in [0.717, 1.165) is 16.7 Å². The first-order valence-electron chi connectivity index (χ1n) is 7.28. The highest BCUT2D eigenvalue weighted by atomic mass is 35.5. The maximum atomic E-state index is 14.0. The number of rotatable bonds is 5. The van der Waals surface area contributed by atoms with E-state index >= 15 is 0 Å². The third-order valence-corrected chi connectivity index (χ3v) is 4.12. The van der Waals surface area contributed by atoms with E-state index in [0.29, 0.717) is 10.6 Å². The number of aryl methyl sites for hydroxylation is 2. The molecule has 1 amide bonds. The number of carbonyl (C=O) groups is 1. The zero-order chi connectivity index (χ0) is 17.0. The van der Waals surface area contributed by atoms with Crippen LogP contribution in [0.25, 0.3) is 0 Å². The van der Waals surface area contributed by atoms with Gasteiger partial charge in [0.2, 0.25) is 5.91 Å². The lowest BCUT2D eigenvalue weighted by Gasteiger charge is -2.14. The van der Waals surface area contributed by atoms with Gasteiger partial charge in [-0.25, -0.2) is 4.39 Å². The summed E-state index contributed by atoms with van der Waals surface area (Å²) in [5, 5.41) is 3.07. The van der Waals surface area contributed by atoms with Crippen molar-refractivity contribution >= 4 is 17.5 Å². The first-order chi connectivity index (χ1) is 10.9. The van der Waals surface area contributed by atoms with Gasteiger partial charge in [0, 0.05) is 17.6 Å². The molecule has 0 heterocycles. The summed E-state index contributed by atoms with van der Waals surface area (Å²) in [7, 11) is 1.58. The van der Waals surface area contributed by atoms with E-state index in [1.807, 2.05) is 19.9 Å². The summed E-state index contributed by atoms with van der Waals surface area (Å²) in [6, 6.07) is 8.43. The second-order valence-electron chi connectivity index (χ2n) is 5.38. The Bertz CT molecular complexity index is 731. The monoisotopic (exact) mass is 335 g/mol. The highest BCUT2D eigenvalue weighted by Gasteiger charge is 2.13. The van der Waals surface area contributed by atoms with Crippen molar-refractivity contribution in [3.63, 3.8) is 0 Å². The number of halogens is 2. The van der Waals surface area contributed by atoms with E-state index in [9.17, 15) is 9.18 Å². The summed E-state index contributed by atoms with van der Waals surface area (Å²) < 4.78 is 19.6. The second kappa shape index (κ2) is 7.47. The first-order valence-corrected chi connectivity index (χ1v) is 7.66. The Morgan fingerprint density at radius 2 is 1.96 bits per heavy atom. The fraction of sp³-hybridized carbons (Fsp3) is 0.278. The van der Waals surface area contributed by atoms with Gasteiger partial charge in [-0.05, 0) is 48.7 Å². The summed E-state index contributed by atoms with van der Waals surface area (Å²) in [5.74, 6) is -0.349. The molecule has 1 N–H and O–H groups in total. The highest BCUT2D eigenvalue weighted by molar-refractivity contribution is 6.31. The van der Waals surface area contributed by atoms with Crippen molar-refractivity contribution < 1.29 is 13.9 Å². The smallest absolute Gasteiger partial charge is 0.224 e. The largest absolute Gasteiger partial charge is 0.486 e. The van der Waals surface area contributed by atoms with Crippen LogP contribution < -0.4 is 10.1 Å². The summed E-state index contributed by atoms with van der Waals surface area (Å²) in [5.41, 5.74) is 3.27. The quantitative estimate of drug-likeness (QED) is 0.898. The van der Waals surface area contributed by atoms with Crippen LogP contribution in [0.2, 0.25) is 5.02 Å². The molecule has 0 fully saturated rings. The molecule has 0 aliphatic carbocycles. The molecule has 0 bridgehead atoms. The van der Waals surface area contributed by atoms with Crippen LogP contribution in [-0.4, -0.2) is 13.0 Å². The Morgan fingerprint density at radius 3 is 2.65 bits per heavy atom. The van der Waals surface area contributed by atoms with Crippen LogP contribution in [0.5, 0.6) is 5.75 Å². The Morgan fingerprint density at radius 1 is 1.26 bits per heavy atom. The standard InChI is InChI=1S/C18H19ClFNO2/c1-11-7-16(20)17(8-12(11)2)23-10-14-13(9-18(22)21-3)5-4-6-15(14)19/h4-8H,9-10H2,1-3H3,(H,21,22).